The topological polar surface area (TPSA) is 93.1 Å². The second kappa shape index (κ2) is 9.17. The molecular weight excluding hydrogens is 400 g/mol. The van der Waals surface area contributed by atoms with Gasteiger partial charge in [0.25, 0.3) is 5.91 Å². The fraction of sp³-hybridized carbons (Fsp3) is 0.381. The summed E-state index contributed by atoms with van der Waals surface area (Å²) in [5, 5.41) is 12.1. The molecule has 0 aliphatic carbocycles. The second-order valence-electron chi connectivity index (χ2n) is 7.21. The molecule has 3 aromatic rings. The molecule has 1 atom stereocenters. The van der Waals surface area contributed by atoms with Gasteiger partial charge in [-0.1, -0.05) is 29.5 Å². The quantitative estimate of drug-likeness (QED) is 0.639. The first kappa shape index (κ1) is 20.2. The number of benzene rings is 1. The normalized spacial score (nSPS) is 14.9. The minimum atomic E-state index is -0.321. The summed E-state index contributed by atoms with van der Waals surface area (Å²) < 4.78 is 5.87. The van der Waals surface area contributed by atoms with Gasteiger partial charge < -0.3 is 9.64 Å². The lowest BCUT2D eigenvalue weighted by Crippen LogP contribution is -2.31. The molecule has 0 spiro atoms. The van der Waals surface area contributed by atoms with Crippen molar-refractivity contribution in [2.24, 2.45) is 0 Å². The number of para-hydroxylation sites is 1. The number of carbonyl (C=O) groups excluding carboxylic acids is 1. The second-order valence-corrected chi connectivity index (χ2v) is 8.22. The van der Waals surface area contributed by atoms with E-state index in [2.05, 4.69) is 30.4 Å². The molecule has 0 saturated carbocycles. The molecule has 1 N–H and O–H groups in total. The van der Waals surface area contributed by atoms with Crippen molar-refractivity contribution in [3.05, 3.63) is 52.8 Å². The number of rotatable bonds is 6. The lowest BCUT2D eigenvalue weighted by molar-refractivity contribution is 0.102. The highest BCUT2D eigenvalue weighted by Gasteiger charge is 2.19. The third kappa shape index (κ3) is 4.91. The van der Waals surface area contributed by atoms with Crippen molar-refractivity contribution in [2.75, 3.05) is 23.3 Å². The van der Waals surface area contributed by atoms with E-state index in [-0.39, 0.29) is 12.0 Å². The Hall–Kier alpha value is -3.07. The first-order valence-corrected chi connectivity index (χ1v) is 10.9. The molecule has 1 saturated heterocycles. The highest BCUT2D eigenvalue weighted by atomic mass is 32.1. The Bertz CT molecular complexity index is 1000. The van der Waals surface area contributed by atoms with Crippen molar-refractivity contribution in [3.63, 3.8) is 0 Å². The first-order valence-electron chi connectivity index (χ1n) is 10.1. The zero-order valence-electron chi connectivity index (χ0n) is 17.0. The molecule has 0 bridgehead atoms. The van der Waals surface area contributed by atoms with Crippen molar-refractivity contribution in [2.45, 2.75) is 39.2 Å². The summed E-state index contributed by atoms with van der Waals surface area (Å²) in [5.41, 5.74) is 1.09. The molecule has 8 nitrogen and oxygen atoms in total. The summed E-state index contributed by atoms with van der Waals surface area (Å²) in [7, 11) is 0. The van der Waals surface area contributed by atoms with E-state index in [1.807, 2.05) is 44.2 Å². The Morgan fingerprint density at radius 3 is 2.67 bits per heavy atom. The van der Waals surface area contributed by atoms with Crippen LogP contribution >= 0.6 is 11.3 Å². The Labute approximate surface area is 179 Å². The summed E-state index contributed by atoms with van der Waals surface area (Å²) in [5.74, 6) is 1.05. The number of anilines is 2. The van der Waals surface area contributed by atoms with Gasteiger partial charge in [0.1, 0.15) is 17.5 Å². The molecule has 4 rings (SSSR count). The van der Waals surface area contributed by atoms with Gasteiger partial charge in [0.05, 0.1) is 0 Å². The number of nitrogens with zero attached hydrogens (tertiary/aromatic N) is 5. The van der Waals surface area contributed by atoms with Gasteiger partial charge in [0.2, 0.25) is 11.1 Å². The van der Waals surface area contributed by atoms with E-state index in [0.29, 0.717) is 21.8 Å². The summed E-state index contributed by atoms with van der Waals surface area (Å²) >= 11 is 1.29. The van der Waals surface area contributed by atoms with Gasteiger partial charge in [-0.3, -0.25) is 10.1 Å². The highest BCUT2D eigenvalue weighted by molar-refractivity contribution is 7.15. The minimum absolute atomic E-state index is 0.275. The number of aryl methyl sites for hydroxylation is 1. The average molecular weight is 425 g/mol. The Kier molecular flexibility index (Phi) is 6.18. The molecule has 0 unspecified atom stereocenters. The third-order valence-corrected chi connectivity index (χ3v) is 5.78. The number of aromatic nitrogens is 4. The van der Waals surface area contributed by atoms with E-state index in [1.54, 1.807) is 6.07 Å². The van der Waals surface area contributed by atoms with Gasteiger partial charge in [0, 0.05) is 18.8 Å². The first-order chi connectivity index (χ1) is 14.6. The molecule has 2 aromatic heterocycles. The Morgan fingerprint density at radius 2 is 1.90 bits per heavy atom. The maximum atomic E-state index is 12.8. The number of nitrogens with one attached hydrogen (secondary N) is 1. The zero-order chi connectivity index (χ0) is 20.9. The molecule has 1 amide bonds. The van der Waals surface area contributed by atoms with Crippen LogP contribution in [-0.4, -0.2) is 39.2 Å². The van der Waals surface area contributed by atoms with Crippen LogP contribution in [0.2, 0.25) is 0 Å². The lowest BCUT2D eigenvalue weighted by atomic mass is 10.1. The van der Waals surface area contributed by atoms with E-state index in [9.17, 15) is 4.79 Å². The van der Waals surface area contributed by atoms with E-state index < -0.39 is 0 Å². The monoisotopic (exact) mass is 424 g/mol. The van der Waals surface area contributed by atoms with Crippen molar-refractivity contribution >= 4 is 28.3 Å². The molecule has 0 radical (unpaired) electrons. The molecule has 156 valence electrons. The van der Waals surface area contributed by atoms with Crippen LogP contribution in [0.25, 0.3) is 0 Å². The summed E-state index contributed by atoms with van der Waals surface area (Å²) in [6, 6.07) is 11.2. The van der Waals surface area contributed by atoms with Crippen LogP contribution in [0, 0.1) is 6.92 Å². The van der Waals surface area contributed by atoms with Crippen LogP contribution < -0.4 is 15.0 Å². The SMILES string of the molecule is Cc1cc(C(=O)Nc2nnc([C@H](C)Oc3ccccc3)s2)nc(N2CCCCC2)n1. The number of amides is 1. The van der Waals surface area contributed by atoms with Crippen molar-refractivity contribution in [1.29, 1.82) is 0 Å². The van der Waals surface area contributed by atoms with Crippen LogP contribution in [0.15, 0.2) is 36.4 Å². The number of piperidine rings is 1. The fourth-order valence-electron chi connectivity index (χ4n) is 3.27. The third-order valence-electron chi connectivity index (χ3n) is 4.78. The number of ether oxygens (including phenoxy) is 1. The van der Waals surface area contributed by atoms with Crippen molar-refractivity contribution in [3.8, 4) is 5.75 Å². The number of hydrogen-bond acceptors (Lipinski definition) is 8. The fourth-order valence-corrected chi connectivity index (χ4v) is 3.99. The van der Waals surface area contributed by atoms with Gasteiger partial charge in [-0.2, -0.15) is 0 Å². The molecule has 9 heteroatoms. The summed E-state index contributed by atoms with van der Waals surface area (Å²) in [6.45, 7) is 5.61. The average Bonchev–Trinajstić information content (AvgIpc) is 3.23. The summed E-state index contributed by atoms with van der Waals surface area (Å²) in [6.07, 6.45) is 3.19. The lowest BCUT2D eigenvalue weighted by Gasteiger charge is -2.26. The van der Waals surface area contributed by atoms with E-state index in [0.717, 1.165) is 37.4 Å². The maximum absolute atomic E-state index is 12.8. The molecule has 3 heterocycles. The number of carbonyl (C=O) groups is 1. The van der Waals surface area contributed by atoms with E-state index in [1.165, 1.54) is 17.8 Å². The molecule has 1 fully saturated rings. The standard InChI is InChI=1S/C21H24N6O2S/c1-14-13-17(23-20(22-14)27-11-7-4-8-12-27)18(28)24-21-26-25-19(30-21)15(2)29-16-9-5-3-6-10-16/h3,5-6,9-10,13,15H,4,7-8,11-12H2,1-2H3,(H,24,26,28)/t15-/m0/s1. The van der Waals surface area contributed by atoms with Crippen LogP contribution in [-0.2, 0) is 0 Å². The summed E-state index contributed by atoms with van der Waals surface area (Å²) in [4.78, 5) is 23.9. The zero-order valence-corrected chi connectivity index (χ0v) is 17.9. The predicted molar refractivity (Wildman–Crippen MR) is 116 cm³/mol. The molecule has 1 aliphatic heterocycles. The molecule has 1 aliphatic rings. The largest absolute Gasteiger partial charge is 0.483 e. The smallest absolute Gasteiger partial charge is 0.276 e. The van der Waals surface area contributed by atoms with Crippen LogP contribution in [0.3, 0.4) is 0 Å². The number of hydrogen-bond donors (Lipinski definition) is 1. The van der Waals surface area contributed by atoms with Gasteiger partial charge in [-0.15, -0.1) is 10.2 Å². The van der Waals surface area contributed by atoms with E-state index >= 15 is 0 Å². The molecule has 1 aromatic carbocycles. The maximum Gasteiger partial charge on any atom is 0.276 e. The predicted octanol–water partition coefficient (Wildman–Crippen LogP) is 4.02. The van der Waals surface area contributed by atoms with E-state index in [4.69, 9.17) is 4.74 Å². The van der Waals surface area contributed by atoms with Gasteiger partial charge in [0.15, 0.2) is 5.01 Å². The van der Waals surface area contributed by atoms with Crippen LogP contribution in [0.5, 0.6) is 5.75 Å². The highest BCUT2D eigenvalue weighted by Crippen LogP contribution is 2.26. The van der Waals surface area contributed by atoms with Crippen LogP contribution in [0.1, 0.15) is 53.5 Å². The minimum Gasteiger partial charge on any atom is -0.483 e. The molecule has 30 heavy (non-hydrogen) atoms. The van der Waals surface area contributed by atoms with Gasteiger partial charge in [-0.25, -0.2) is 9.97 Å². The molecular formula is C21H24N6O2S. The van der Waals surface area contributed by atoms with Crippen LogP contribution in [0.4, 0.5) is 11.1 Å². The Morgan fingerprint density at radius 1 is 1.13 bits per heavy atom. The van der Waals surface area contributed by atoms with Crippen molar-refractivity contribution in [1.82, 2.24) is 20.2 Å². The van der Waals surface area contributed by atoms with Gasteiger partial charge in [-0.05, 0) is 51.3 Å². The Balaban J connectivity index is 1.43. The van der Waals surface area contributed by atoms with Crippen molar-refractivity contribution < 1.29 is 9.53 Å². The van der Waals surface area contributed by atoms with Gasteiger partial charge >= 0.3 is 0 Å².